The number of thioether (sulfide) groups is 2. The summed E-state index contributed by atoms with van der Waals surface area (Å²) in [5.74, 6) is -0.292. The van der Waals surface area contributed by atoms with Crippen molar-refractivity contribution in [2.45, 2.75) is 16.9 Å². The van der Waals surface area contributed by atoms with Crippen molar-refractivity contribution in [1.29, 1.82) is 0 Å². The Balaban J connectivity index is 2.02. The van der Waals surface area contributed by atoms with E-state index in [1.54, 1.807) is 18.2 Å². The average molecular weight is 377 g/mol. The van der Waals surface area contributed by atoms with Crippen LogP contribution in [0.15, 0.2) is 28.5 Å². The average Bonchev–Trinajstić information content (AvgIpc) is 2.89. The summed E-state index contributed by atoms with van der Waals surface area (Å²) in [4.78, 5) is 12.2. The molecule has 2 aromatic rings. The SMILES string of the molecule is CSc1nnc(SC)n1CCNC(=O)c1c(Cl)cccc1Cl. The molecule has 0 aliphatic heterocycles. The van der Waals surface area contributed by atoms with Gasteiger partial charge in [0.05, 0.1) is 15.6 Å². The van der Waals surface area contributed by atoms with Gasteiger partial charge in [0.1, 0.15) is 0 Å². The first-order valence-electron chi connectivity index (χ1n) is 6.32. The molecule has 0 aliphatic carbocycles. The van der Waals surface area contributed by atoms with Gasteiger partial charge in [0.2, 0.25) is 0 Å². The number of nitrogens with zero attached hydrogens (tertiary/aromatic N) is 3. The van der Waals surface area contributed by atoms with E-state index in [4.69, 9.17) is 23.2 Å². The third-order valence-electron chi connectivity index (χ3n) is 2.86. The van der Waals surface area contributed by atoms with Crippen molar-refractivity contribution in [2.24, 2.45) is 0 Å². The summed E-state index contributed by atoms with van der Waals surface area (Å²) in [5.41, 5.74) is 0.296. The zero-order valence-corrected chi connectivity index (χ0v) is 15.1. The molecule has 1 N–H and O–H groups in total. The van der Waals surface area contributed by atoms with Crippen LogP contribution in [0, 0.1) is 0 Å². The van der Waals surface area contributed by atoms with Gasteiger partial charge in [-0.1, -0.05) is 52.8 Å². The first-order chi connectivity index (χ1) is 10.6. The number of amides is 1. The number of benzene rings is 1. The van der Waals surface area contributed by atoms with Crippen LogP contribution in [-0.2, 0) is 6.54 Å². The minimum atomic E-state index is -0.292. The Morgan fingerprint density at radius 2 is 1.73 bits per heavy atom. The molecule has 1 heterocycles. The molecule has 0 spiro atoms. The van der Waals surface area contributed by atoms with Crippen LogP contribution in [0.4, 0.5) is 0 Å². The van der Waals surface area contributed by atoms with Gasteiger partial charge in [0, 0.05) is 13.1 Å². The van der Waals surface area contributed by atoms with E-state index in [9.17, 15) is 4.79 Å². The molecule has 22 heavy (non-hydrogen) atoms. The van der Waals surface area contributed by atoms with Crippen molar-refractivity contribution >= 4 is 52.6 Å². The highest BCUT2D eigenvalue weighted by atomic mass is 35.5. The lowest BCUT2D eigenvalue weighted by Crippen LogP contribution is -2.28. The second-order valence-corrected chi connectivity index (χ2v) is 6.54. The summed E-state index contributed by atoms with van der Waals surface area (Å²) in [6.07, 6.45) is 3.87. The number of nitrogens with one attached hydrogen (secondary N) is 1. The molecule has 0 saturated heterocycles. The number of aromatic nitrogens is 3. The predicted molar refractivity (Wildman–Crippen MR) is 92.4 cm³/mol. The minimum Gasteiger partial charge on any atom is -0.350 e. The molecule has 1 aromatic heterocycles. The smallest absolute Gasteiger partial charge is 0.254 e. The van der Waals surface area contributed by atoms with E-state index < -0.39 is 0 Å². The normalized spacial score (nSPS) is 10.7. The molecule has 0 saturated carbocycles. The number of halogens is 2. The minimum absolute atomic E-state index is 0.292. The van der Waals surface area contributed by atoms with E-state index in [-0.39, 0.29) is 5.91 Å². The van der Waals surface area contributed by atoms with E-state index in [0.29, 0.717) is 28.7 Å². The maximum Gasteiger partial charge on any atom is 0.254 e. The Hall–Kier alpha value is -0.890. The van der Waals surface area contributed by atoms with E-state index in [1.807, 2.05) is 17.1 Å². The quantitative estimate of drug-likeness (QED) is 0.782. The number of carbonyl (C=O) groups excluding carboxylic acids is 1. The van der Waals surface area contributed by atoms with Crippen molar-refractivity contribution in [3.63, 3.8) is 0 Å². The second kappa shape index (κ2) is 8.10. The molecule has 0 aliphatic rings. The third kappa shape index (κ3) is 3.90. The zero-order valence-electron chi connectivity index (χ0n) is 12.0. The molecule has 2 rings (SSSR count). The molecule has 0 unspecified atom stereocenters. The predicted octanol–water partition coefficient (Wildman–Crippen LogP) is 3.46. The Morgan fingerprint density at radius 3 is 2.23 bits per heavy atom. The fourth-order valence-electron chi connectivity index (χ4n) is 1.85. The molecule has 0 bridgehead atoms. The van der Waals surface area contributed by atoms with Gasteiger partial charge in [-0.2, -0.15) is 0 Å². The first-order valence-corrected chi connectivity index (χ1v) is 9.52. The van der Waals surface area contributed by atoms with Crippen LogP contribution < -0.4 is 5.32 Å². The maximum absolute atomic E-state index is 12.2. The van der Waals surface area contributed by atoms with Gasteiger partial charge < -0.3 is 5.32 Å². The summed E-state index contributed by atoms with van der Waals surface area (Å²) < 4.78 is 1.96. The Kier molecular flexibility index (Phi) is 6.43. The van der Waals surface area contributed by atoms with Gasteiger partial charge in [-0.25, -0.2) is 0 Å². The van der Waals surface area contributed by atoms with Crippen LogP contribution in [-0.4, -0.2) is 39.7 Å². The van der Waals surface area contributed by atoms with Crippen LogP contribution in [0.25, 0.3) is 0 Å². The van der Waals surface area contributed by atoms with Crippen molar-refractivity contribution in [2.75, 3.05) is 19.1 Å². The molecular formula is C13H14Cl2N4OS2. The third-order valence-corrected chi connectivity index (χ3v) is 4.82. The van der Waals surface area contributed by atoms with Gasteiger partial charge in [0.15, 0.2) is 10.3 Å². The topological polar surface area (TPSA) is 59.8 Å². The fourth-order valence-corrected chi connectivity index (χ4v) is 3.52. The van der Waals surface area contributed by atoms with E-state index in [2.05, 4.69) is 15.5 Å². The van der Waals surface area contributed by atoms with E-state index >= 15 is 0 Å². The van der Waals surface area contributed by atoms with Crippen molar-refractivity contribution in [1.82, 2.24) is 20.1 Å². The molecule has 5 nitrogen and oxygen atoms in total. The van der Waals surface area contributed by atoms with Crippen LogP contribution in [0.3, 0.4) is 0 Å². The zero-order chi connectivity index (χ0) is 16.1. The molecule has 118 valence electrons. The van der Waals surface area contributed by atoms with E-state index in [0.717, 1.165) is 10.3 Å². The number of hydrogen-bond donors (Lipinski definition) is 1. The molecule has 0 atom stereocenters. The van der Waals surface area contributed by atoms with Crippen molar-refractivity contribution < 1.29 is 4.79 Å². The molecule has 1 amide bonds. The first kappa shape index (κ1) is 17.5. The van der Waals surface area contributed by atoms with Gasteiger partial charge in [-0.15, -0.1) is 10.2 Å². The van der Waals surface area contributed by atoms with Gasteiger partial charge >= 0.3 is 0 Å². The maximum atomic E-state index is 12.2. The molecule has 9 heteroatoms. The highest BCUT2D eigenvalue weighted by Crippen LogP contribution is 2.24. The van der Waals surface area contributed by atoms with Gasteiger partial charge in [-0.3, -0.25) is 9.36 Å². The van der Waals surface area contributed by atoms with Crippen molar-refractivity contribution in [3.05, 3.63) is 33.8 Å². The summed E-state index contributed by atoms with van der Waals surface area (Å²) in [7, 11) is 0. The Labute approximate surface area is 147 Å². The van der Waals surface area contributed by atoms with Crippen molar-refractivity contribution in [3.8, 4) is 0 Å². The monoisotopic (exact) mass is 376 g/mol. The second-order valence-electron chi connectivity index (χ2n) is 4.18. The largest absolute Gasteiger partial charge is 0.350 e. The number of carbonyl (C=O) groups is 1. The molecule has 1 aromatic carbocycles. The highest BCUT2D eigenvalue weighted by molar-refractivity contribution is 7.99. The molecular weight excluding hydrogens is 363 g/mol. The molecule has 0 radical (unpaired) electrons. The number of hydrogen-bond acceptors (Lipinski definition) is 5. The van der Waals surface area contributed by atoms with Crippen LogP contribution in [0.2, 0.25) is 10.0 Å². The lowest BCUT2D eigenvalue weighted by atomic mass is 10.2. The number of rotatable bonds is 6. The Morgan fingerprint density at radius 1 is 1.18 bits per heavy atom. The summed E-state index contributed by atoms with van der Waals surface area (Å²) in [6.45, 7) is 1.01. The highest BCUT2D eigenvalue weighted by Gasteiger charge is 2.15. The summed E-state index contributed by atoms with van der Waals surface area (Å²) in [5, 5.41) is 13.3. The standard InChI is InChI=1S/C13H14Cl2N4OS2/c1-21-12-17-18-13(22-2)19(12)7-6-16-11(20)10-8(14)4-3-5-9(10)15/h3-5H,6-7H2,1-2H3,(H,16,20). The Bertz CT molecular complexity index is 636. The van der Waals surface area contributed by atoms with Crippen LogP contribution in [0.1, 0.15) is 10.4 Å². The summed E-state index contributed by atoms with van der Waals surface area (Å²) >= 11 is 15.1. The lowest BCUT2D eigenvalue weighted by Gasteiger charge is -2.10. The fraction of sp³-hybridized carbons (Fsp3) is 0.308. The van der Waals surface area contributed by atoms with Gasteiger partial charge in [-0.05, 0) is 24.6 Å². The van der Waals surface area contributed by atoms with E-state index in [1.165, 1.54) is 23.5 Å². The summed E-state index contributed by atoms with van der Waals surface area (Å²) in [6, 6.07) is 4.98. The molecule has 0 fully saturated rings. The van der Waals surface area contributed by atoms with Crippen LogP contribution in [0.5, 0.6) is 0 Å². The van der Waals surface area contributed by atoms with Gasteiger partial charge in [0.25, 0.3) is 5.91 Å². The van der Waals surface area contributed by atoms with Crippen LogP contribution >= 0.6 is 46.7 Å². The lowest BCUT2D eigenvalue weighted by molar-refractivity contribution is 0.0952.